The molecule has 3 nitrogen and oxygen atoms in total. The van der Waals surface area contributed by atoms with Crippen LogP contribution in [-0.2, 0) is 5.41 Å². The number of aromatic nitrogens is 2. The average Bonchev–Trinajstić information content (AvgIpc) is 3.67. The molecular weight excluding hydrogens is 619 g/mol. The molecule has 0 saturated heterocycles. The van der Waals surface area contributed by atoms with Crippen molar-refractivity contribution in [1.29, 1.82) is 0 Å². The molecule has 2 aromatic heterocycles. The van der Waals surface area contributed by atoms with Crippen LogP contribution >= 0.6 is 0 Å². The first-order valence-corrected chi connectivity index (χ1v) is 17.6. The Morgan fingerprint density at radius 2 is 1.27 bits per heavy atom. The van der Waals surface area contributed by atoms with E-state index in [2.05, 4.69) is 158 Å². The number of para-hydroxylation sites is 2. The molecule has 0 unspecified atom stereocenters. The molecule has 0 aliphatic heterocycles. The zero-order valence-corrected chi connectivity index (χ0v) is 28.9. The van der Waals surface area contributed by atoms with Crippen LogP contribution in [0.1, 0.15) is 37.5 Å². The van der Waals surface area contributed by atoms with Crippen molar-refractivity contribution in [3.63, 3.8) is 0 Å². The summed E-state index contributed by atoms with van der Waals surface area (Å²) in [6, 6.07) is 49.0. The third kappa shape index (κ3) is 4.25. The molecule has 1 aliphatic rings. The summed E-state index contributed by atoms with van der Waals surface area (Å²) in [5.41, 5.74) is 16.4. The summed E-state index contributed by atoms with van der Waals surface area (Å²) in [5, 5.41) is 5.76. The van der Waals surface area contributed by atoms with E-state index in [-0.39, 0.29) is 5.41 Å². The van der Waals surface area contributed by atoms with Crippen LogP contribution in [0.5, 0.6) is 0 Å². The number of aliphatic imine (C=N–C) groups is 1. The van der Waals surface area contributed by atoms with Crippen molar-refractivity contribution in [2.75, 3.05) is 0 Å². The zero-order valence-electron chi connectivity index (χ0n) is 28.9. The third-order valence-corrected chi connectivity index (χ3v) is 11.1. The predicted octanol–water partition coefficient (Wildman–Crippen LogP) is 13.0. The van der Waals surface area contributed by atoms with E-state index in [1.54, 1.807) is 0 Å². The van der Waals surface area contributed by atoms with E-state index in [9.17, 15) is 0 Å². The second-order valence-corrected chi connectivity index (χ2v) is 14.2. The maximum absolute atomic E-state index is 5.15. The molecule has 0 saturated carbocycles. The van der Waals surface area contributed by atoms with Crippen molar-refractivity contribution < 1.29 is 0 Å². The number of fused-ring (bicyclic) bond motifs is 12. The van der Waals surface area contributed by atoms with Crippen LogP contribution in [0, 0.1) is 0 Å². The minimum atomic E-state index is -0.0207. The molecule has 1 aliphatic carbocycles. The first-order valence-electron chi connectivity index (χ1n) is 17.6. The van der Waals surface area contributed by atoms with Crippen molar-refractivity contribution in [2.45, 2.75) is 26.2 Å². The quantitative estimate of drug-likeness (QED) is 0.137. The van der Waals surface area contributed by atoms with Gasteiger partial charge < -0.3 is 0 Å². The van der Waals surface area contributed by atoms with Crippen molar-refractivity contribution in [3.05, 3.63) is 157 Å². The van der Waals surface area contributed by atoms with Gasteiger partial charge in [0, 0.05) is 33.4 Å². The Kier molecular flexibility index (Phi) is 6.29. The summed E-state index contributed by atoms with van der Waals surface area (Å²) in [6.45, 7) is 10.7. The van der Waals surface area contributed by atoms with E-state index < -0.39 is 0 Å². The van der Waals surface area contributed by atoms with Crippen LogP contribution in [0.25, 0.3) is 88.6 Å². The Morgan fingerprint density at radius 3 is 2.06 bits per heavy atom. The number of nitrogens with zero attached hydrogens (tertiary/aromatic N) is 3. The van der Waals surface area contributed by atoms with Gasteiger partial charge in [-0.25, -0.2) is 4.98 Å². The Labute approximate surface area is 296 Å². The summed E-state index contributed by atoms with van der Waals surface area (Å²) in [5.74, 6) is 0. The molecule has 9 aromatic rings. The van der Waals surface area contributed by atoms with Crippen LogP contribution < -0.4 is 0 Å². The van der Waals surface area contributed by atoms with E-state index in [0.717, 1.165) is 55.2 Å². The number of pyridine rings is 1. The van der Waals surface area contributed by atoms with E-state index in [1.165, 1.54) is 49.7 Å². The van der Waals surface area contributed by atoms with Crippen molar-refractivity contribution in [3.8, 4) is 33.4 Å². The van der Waals surface area contributed by atoms with Crippen LogP contribution in [-0.4, -0.2) is 15.6 Å². The number of hydrogen-bond donors (Lipinski definition) is 0. The summed E-state index contributed by atoms with van der Waals surface area (Å²) < 4.78 is 2.31. The smallest absolute Gasteiger partial charge is 0.146 e. The fraction of sp³-hybridized carbons (Fsp3) is 0.0833. The summed E-state index contributed by atoms with van der Waals surface area (Å²) >= 11 is 0. The molecule has 0 bridgehead atoms. The second-order valence-electron chi connectivity index (χ2n) is 14.2. The molecule has 0 amide bonds. The highest BCUT2D eigenvalue weighted by Crippen LogP contribution is 2.49. The Morgan fingerprint density at radius 1 is 0.627 bits per heavy atom. The molecule has 0 radical (unpaired) electrons. The molecule has 0 N–H and O–H groups in total. The van der Waals surface area contributed by atoms with Crippen LogP contribution in [0.4, 0.5) is 5.69 Å². The standard InChI is InChI=1S/C48H35N3/c1-5-29-19-24-39-45(46(29)49-6-2)38-23-21-35(28-44(38)51-43-14-10-9-13-42(43)50-47(39)51)33-18-16-30-25-32(17-15-31(30)26-33)34-20-22-37-36-11-7-8-12-40(36)48(3,4)41(37)27-34/h5-28H,1H2,2-4H3. The maximum atomic E-state index is 5.15. The number of rotatable bonds is 4. The fourth-order valence-electron chi connectivity index (χ4n) is 8.55. The van der Waals surface area contributed by atoms with Gasteiger partial charge in [-0.3, -0.25) is 9.39 Å². The fourth-order valence-corrected chi connectivity index (χ4v) is 8.55. The van der Waals surface area contributed by atoms with Crippen molar-refractivity contribution in [2.24, 2.45) is 4.99 Å². The van der Waals surface area contributed by atoms with Gasteiger partial charge >= 0.3 is 0 Å². The Hall–Kier alpha value is -6.32. The highest BCUT2D eigenvalue weighted by molar-refractivity contribution is 6.20. The zero-order chi connectivity index (χ0) is 34.4. The molecule has 242 valence electrons. The Bertz CT molecular complexity index is 2970. The lowest BCUT2D eigenvalue weighted by atomic mass is 9.81. The van der Waals surface area contributed by atoms with Gasteiger partial charge in [-0.2, -0.15) is 0 Å². The van der Waals surface area contributed by atoms with Gasteiger partial charge in [-0.1, -0.05) is 117 Å². The SMILES string of the molecule is C=Cc1ccc2c(c1N=CC)c1ccc(-c3ccc4cc(-c5ccc6c(c5)C(C)(C)c5ccccc5-6)ccc4c3)cc1n1c3ccccc3nc21. The molecule has 0 fully saturated rings. The minimum Gasteiger partial charge on any atom is -0.292 e. The topological polar surface area (TPSA) is 29.7 Å². The van der Waals surface area contributed by atoms with E-state index in [1.807, 2.05) is 19.2 Å². The number of hydrogen-bond acceptors (Lipinski definition) is 2. The minimum absolute atomic E-state index is 0.0207. The van der Waals surface area contributed by atoms with Gasteiger partial charge in [0.05, 0.1) is 22.2 Å². The molecule has 3 heteroatoms. The number of imidazole rings is 1. The van der Waals surface area contributed by atoms with E-state index in [0.29, 0.717) is 0 Å². The summed E-state index contributed by atoms with van der Waals surface area (Å²) in [6.07, 6.45) is 3.75. The van der Waals surface area contributed by atoms with Gasteiger partial charge in [-0.05, 0) is 105 Å². The maximum Gasteiger partial charge on any atom is 0.146 e. The van der Waals surface area contributed by atoms with Crippen LogP contribution in [0.3, 0.4) is 0 Å². The lowest BCUT2D eigenvalue weighted by Crippen LogP contribution is -2.14. The lowest BCUT2D eigenvalue weighted by molar-refractivity contribution is 0.660. The van der Waals surface area contributed by atoms with Gasteiger partial charge in [0.15, 0.2) is 0 Å². The first kappa shape index (κ1) is 29.6. The van der Waals surface area contributed by atoms with Crippen molar-refractivity contribution in [1.82, 2.24) is 9.38 Å². The van der Waals surface area contributed by atoms with Crippen LogP contribution in [0.2, 0.25) is 0 Å². The largest absolute Gasteiger partial charge is 0.292 e. The van der Waals surface area contributed by atoms with Gasteiger partial charge in [0.2, 0.25) is 0 Å². The lowest BCUT2D eigenvalue weighted by Gasteiger charge is -2.22. The Balaban J connectivity index is 1.12. The third-order valence-electron chi connectivity index (χ3n) is 11.1. The molecule has 51 heavy (non-hydrogen) atoms. The molecule has 7 aromatic carbocycles. The van der Waals surface area contributed by atoms with Crippen LogP contribution in [0.15, 0.2) is 145 Å². The molecule has 0 atom stereocenters. The normalized spacial score (nSPS) is 13.5. The number of benzene rings is 7. The average molecular weight is 654 g/mol. The molecule has 10 rings (SSSR count). The van der Waals surface area contributed by atoms with E-state index in [4.69, 9.17) is 9.98 Å². The van der Waals surface area contributed by atoms with Gasteiger partial charge in [0.25, 0.3) is 0 Å². The molecule has 2 heterocycles. The van der Waals surface area contributed by atoms with Gasteiger partial charge in [0.1, 0.15) is 5.65 Å². The van der Waals surface area contributed by atoms with Crippen molar-refractivity contribution >= 4 is 67.1 Å². The molecular formula is C48H35N3. The molecule has 0 spiro atoms. The summed E-state index contributed by atoms with van der Waals surface area (Å²) in [4.78, 5) is 10.0. The summed E-state index contributed by atoms with van der Waals surface area (Å²) in [7, 11) is 0. The predicted molar refractivity (Wildman–Crippen MR) is 218 cm³/mol. The highest BCUT2D eigenvalue weighted by atomic mass is 15.0. The monoisotopic (exact) mass is 653 g/mol. The second kappa shape index (κ2) is 10.8. The van der Waals surface area contributed by atoms with Gasteiger partial charge in [-0.15, -0.1) is 0 Å². The highest BCUT2D eigenvalue weighted by Gasteiger charge is 2.35. The van der Waals surface area contributed by atoms with E-state index >= 15 is 0 Å². The first-order chi connectivity index (χ1) is 24.9.